The summed E-state index contributed by atoms with van der Waals surface area (Å²) in [5.41, 5.74) is 5.07. The molecule has 3 heteroatoms. The standard InChI is InChI=1S/C20H26N2O/c1-12-9-8-10-14-15(12)22-13(2)16-17(21-11-23-16)20(22,7)19(5,6)18(14,3)4/h8-11,13H,1-7H3/t13-,20?/m0/s1. The van der Waals surface area contributed by atoms with Crippen LogP contribution in [-0.4, -0.2) is 4.98 Å². The summed E-state index contributed by atoms with van der Waals surface area (Å²) in [7, 11) is 0. The number of aryl methyl sites for hydroxylation is 1. The maximum absolute atomic E-state index is 5.81. The van der Waals surface area contributed by atoms with Gasteiger partial charge in [-0.05, 0) is 37.3 Å². The Morgan fingerprint density at radius 2 is 1.83 bits per heavy atom. The first-order valence-electron chi connectivity index (χ1n) is 8.49. The molecule has 0 spiro atoms. The van der Waals surface area contributed by atoms with Gasteiger partial charge in [0.25, 0.3) is 0 Å². The van der Waals surface area contributed by atoms with E-state index in [0.717, 1.165) is 11.5 Å². The second-order valence-corrected chi connectivity index (χ2v) is 8.40. The summed E-state index contributed by atoms with van der Waals surface area (Å²) in [4.78, 5) is 7.22. The number of aromatic nitrogens is 1. The molecule has 0 aliphatic carbocycles. The van der Waals surface area contributed by atoms with Crippen molar-refractivity contribution in [1.82, 2.24) is 4.98 Å². The van der Waals surface area contributed by atoms with E-state index in [1.54, 1.807) is 6.39 Å². The predicted molar refractivity (Wildman–Crippen MR) is 92.7 cm³/mol. The zero-order valence-electron chi connectivity index (χ0n) is 15.2. The van der Waals surface area contributed by atoms with E-state index in [1.165, 1.54) is 16.8 Å². The lowest BCUT2D eigenvalue weighted by atomic mass is 9.52. The predicted octanol–water partition coefficient (Wildman–Crippen LogP) is 5.10. The molecule has 1 unspecified atom stereocenters. The molecule has 0 bridgehead atoms. The van der Waals surface area contributed by atoms with Crippen molar-refractivity contribution >= 4 is 5.69 Å². The number of para-hydroxylation sites is 1. The van der Waals surface area contributed by atoms with E-state index in [1.807, 2.05) is 0 Å². The zero-order valence-corrected chi connectivity index (χ0v) is 15.2. The molecule has 3 nitrogen and oxygen atoms in total. The molecule has 2 aliphatic heterocycles. The van der Waals surface area contributed by atoms with Crippen molar-refractivity contribution in [1.29, 1.82) is 0 Å². The van der Waals surface area contributed by atoms with Gasteiger partial charge >= 0.3 is 0 Å². The highest BCUT2D eigenvalue weighted by Gasteiger charge is 2.65. The highest BCUT2D eigenvalue weighted by atomic mass is 16.3. The molecule has 3 heterocycles. The van der Waals surface area contributed by atoms with E-state index in [4.69, 9.17) is 4.42 Å². The Balaban J connectivity index is 2.15. The average Bonchev–Trinajstić information content (AvgIpc) is 3.03. The largest absolute Gasteiger partial charge is 0.446 e. The van der Waals surface area contributed by atoms with Crippen LogP contribution in [0, 0.1) is 12.3 Å². The van der Waals surface area contributed by atoms with Gasteiger partial charge in [-0.15, -0.1) is 0 Å². The van der Waals surface area contributed by atoms with E-state index < -0.39 is 0 Å². The van der Waals surface area contributed by atoms with Gasteiger partial charge in [0, 0.05) is 11.1 Å². The van der Waals surface area contributed by atoms with Crippen LogP contribution >= 0.6 is 0 Å². The second-order valence-electron chi connectivity index (χ2n) is 8.40. The minimum absolute atomic E-state index is 0.00280. The first-order valence-corrected chi connectivity index (χ1v) is 8.49. The molecular weight excluding hydrogens is 284 g/mol. The van der Waals surface area contributed by atoms with Crippen LogP contribution in [0.2, 0.25) is 0 Å². The van der Waals surface area contributed by atoms with Crippen molar-refractivity contribution in [3.05, 3.63) is 47.2 Å². The van der Waals surface area contributed by atoms with Gasteiger partial charge in [0.15, 0.2) is 12.2 Å². The summed E-state index contributed by atoms with van der Waals surface area (Å²) in [6.45, 7) is 16.3. The monoisotopic (exact) mass is 310 g/mol. The summed E-state index contributed by atoms with van der Waals surface area (Å²) in [6, 6.07) is 6.90. The van der Waals surface area contributed by atoms with E-state index in [2.05, 4.69) is 76.5 Å². The lowest BCUT2D eigenvalue weighted by molar-refractivity contribution is 0.0625. The molecule has 0 fully saturated rings. The average molecular weight is 310 g/mol. The lowest BCUT2D eigenvalue weighted by Gasteiger charge is -2.61. The molecule has 0 saturated heterocycles. The second kappa shape index (κ2) is 4.00. The van der Waals surface area contributed by atoms with E-state index >= 15 is 0 Å². The quantitative estimate of drug-likeness (QED) is 0.678. The normalized spacial score (nSPS) is 29.9. The Kier molecular flexibility index (Phi) is 2.58. The molecule has 0 N–H and O–H groups in total. The van der Waals surface area contributed by atoms with Crippen LogP contribution < -0.4 is 4.90 Å². The number of benzene rings is 1. The van der Waals surface area contributed by atoms with Crippen LogP contribution in [0.25, 0.3) is 0 Å². The Bertz CT molecular complexity index is 802. The summed E-state index contributed by atoms with van der Waals surface area (Å²) in [5, 5.41) is 0. The number of hydrogen-bond acceptors (Lipinski definition) is 3. The number of fused-ring (bicyclic) bond motifs is 5. The van der Waals surface area contributed by atoms with Crippen LogP contribution in [0.4, 0.5) is 5.69 Å². The van der Waals surface area contributed by atoms with Crippen molar-refractivity contribution in [3.8, 4) is 0 Å². The van der Waals surface area contributed by atoms with Crippen LogP contribution in [0.5, 0.6) is 0 Å². The highest BCUT2D eigenvalue weighted by Crippen LogP contribution is 2.67. The fraction of sp³-hybridized carbons (Fsp3) is 0.550. The van der Waals surface area contributed by atoms with Crippen LogP contribution in [0.3, 0.4) is 0 Å². The van der Waals surface area contributed by atoms with Crippen molar-refractivity contribution in [2.45, 2.75) is 65.5 Å². The lowest BCUT2D eigenvalue weighted by Crippen LogP contribution is -2.62. The molecule has 1 aromatic carbocycles. The molecule has 0 radical (unpaired) electrons. The van der Waals surface area contributed by atoms with Gasteiger partial charge in [-0.1, -0.05) is 45.9 Å². The van der Waals surface area contributed by atoms with Gasteiger partial charge in [0.1, 0.15) is 5.69 Å². The number of rotatable bonds is 0. The van der Waals surface area contributed by atoms with Gasteiger partial charge < -0.3 is 9.32 Å². The minimum Gasteiger partial charge on any atom is -0.446 e. The smallest absolute Gasteiger partial charge is 0.181 e. The SMILES string of the molecule is Cc1cccc2c1N1[C@@H](C)c3ocnc3C1(C)C(C)(C)C2(C)C. The van der Waals surface area contributed by atoms with E-state index in [9.17, 15) is 0 Å². The number of oxazole rings is 1. The summed E-state index contributed by atoms with van der Waals surface area (Å²) in [5.74, 6) is 1.02. The maximum Gasteiger partial charge on any atom is 0.181 e. The van der Waals surface area contributed by atoms with Crippen molar-refractivity contribution < 1.29 is 4.42 Å². The van der Waals surface area contributed by atoms with E-state index in [-0.39, 0.29) is 22.4 Å². The first-order chi connectivity index (χ1) is 10.7. The van der Waals surface area contributed by atoms with Crippen molar-refractivity contribution in [2.75, 3.05) is 4.90 Å². The fourth-order valence-corrected chi connectivity index (χ4v) is 4.98. The molecule has 122 valence electrons. The Hall–Kier alpha value is -1.77. The van der Waals surface area contributed by atoms with Crippen molar-refractivity contribution in [2.24, 2.45) is 5.41 Å². The number of hydrogen-bond donors (Lipinski definition) is 0. The molecule has 1 aromatic heterocycles. The summed E-state index contributed by atoms with van der Waals surface area (Å²) < 4.78 is 5.81. The van der Waals surface area contributed by atoms with E-state index in [0.29, 0.717) is 0 Å². The zero-order chi connectivity index (χ0) is 16.8. The highest BCUT2D eigenvalue weighted by molar-refractivity contribution is 5.71. The first kappa shape index (κ1) is 14.8. The Morgan fingerprint density at radius 3 is 2.52 bits per heavy atom. The van der Waals surface area contributed by atoms with Crippen LogP contribution in [-0.2, 0) is 11.0 Å². The number of anilines is 1. The van der Waals surface area contributed by atoms with Crippen LogP contribution in [0.1, 0.15) is 70.2 Å². The molecule has 0 amide bonds. The van der Waals surface area contributed by atoms with Gasteiger partial charge in [0.05, 0.1) is 11.6 Å². The Labute approximate surface area is 138 Å². The van der Waals surface area contributed by atoms with Gasteiger partial charge in [-0.3, -0.25) is 0 Å². The molecular formula is C20H26N2O. The van der Waals surface area contributed by atoms with Gasteiger partial charge in [-0.2, -0.15) is 0 Å². The topological polar surface area (TPSA) is 29.3 Å². The van der Waals surface area contributed by atoms with Gasteiger partial charge in [0.2, 0.25) is 0 Å². The molecule has 4 rings (SSSR count). The third-order valence-corrected chi connectivity index (χ3v) is 7.24. The van der Waals surface area contributed by atoms with Crippen molar-refractivity contribution in [3.63, 3.8) is 0 Å². The molecule has 2 atom stereocenters. The fourth-order valence-electron chi connectivity index (χ4n) is 4.98. The molecule has 0 saturated carbocycles. The minimum atomic E-state index is -0.183. The molecule has 2 aromatic rings. The third kappa shape index (κ3) is 1.36. The summed E-state index contributed by atoms with van der Waals surface area (Å²) in [6.07, 6.45) is 1.61. The number of nitrogens with zero attached hydrogens (tertiary/aromatic N) is 2. The molecule has 23 heavy (non-hydrogen) atoms. The third-order valence-electron chi connectivity index (χ3n) is 7.24. The van der Waals surface area contributed by atoms with Crippen LogP contribution in [0.15, 0.2) is 29.0 Å². The molecule has 2 aliphatic rings. The van der Waals surface area contributed by atoms with Gasteiger partial charge in [-0.25, -0.2) is 4.98 Å². The summed E-state index contributed by atoms with van der Waals surface area (Å²) >= 11 is 0. The Morgan fingerprint density at radius 1 is 1.13 bits per heavy atom. The maximum atomic E-state index is 5.81.